The van der Waals surface area contributed by atoms with Crippen LogP contribution in [0.1, 0.15) is 26.7 Å². The SMILES string of the molecule is CN1CCC(C(N)CC(C)(C)CN)C1. The van der Waals surface area contributed by atoms with Crippen LogP contribution >= 0.6 is 0 Å². The molecule has 0 aromatic rings. The first-order valence-corrected chi connectivity index (χ1v) is 5.59. The molecular weight excluding hydrogens is 174 g/mol. The highest BCUT2D eigenvalue weighted by atomic mass is 15.1. The second-order valence-corrected chi connectivity index (χ2v) is 5.55. The van der Waals surface area contributed by atoms with Crippen LogP contribution in [-0.2, 0) is 0 Å². The smallest absolute Gasteiger partial charge is 0.00854 e. The van der Waals surface area contributed by atoms with Gasteiger partial charge >= 0.3 is 0 Å². The van der Waals surface area contributed by atoms with E-state index in [1.54, 1.807) is 0 Å². The van der Waals surface area contributed by atoms with Crippen molar-refractivity contribution in [1.82, 2.24) is 4.90 Å². The van der Waals surface area contributed by atoms with Gasteiger partial charge in [0.15, 0.2) is 0 Å². The Kier molecular flexibility index (Phi) is 3.93. The van der Waals surface area contributed by atoms with Crippen LogP contribution in [0.3, 0.4) is 0 Å². The molecular formula is C11H25N3. The van der Waals surface area contributed by atoms with Crippen LogP contribution in [0.15, 0.2) is 0 Å². The normalized spacial score (nSPS) is 26.8. The van der Waals surface area contributed by atoms with E-state index in [2.05, 4.69) is 25.8 Å². The first-order valence-electron chi connectivity index (χ1n) is 5.59. The molecule has 0 saturated carbocycles. The number of nitrogens with two attached hydrogens (primary N) is 2. The molecule has 2 atom stereocenters. The number of likely N-dealkylation sites (tertiary alicyclic amines) is 1. The molecule has 0 aliphatic carbocycles. The maximum atomic E-state index is 6.22. The summed E-state index contributed by atoms with van der Waals surface area (Å²) >= 11 is 0. The molecule has 0 bridgehead atoms. The average molecular weight is 199 g/mol. The minimum atomic E-state index is 0.195. The monoisotopic (exact) mass is 199 g/mol. The van der Waals surface area contributed by atoms with Crippen molar-refractivity contribution >= 4 is 0 Å². The van der Waals surface area contributed by atoms with Crippen molar-refractivity contribution < 1.29 is 0 Å². The van der Waals surface area contributed by atoms with E-state index in [0.29, 0.717) is 12.0 Å². The molecule has 0 amide bonds. The Bertz CT molecular complexity index is 179. The van der Waals surface area contributed by atoms with Gasteiger partial charge < -0.3 is 16.4 Å². The Morgan fingerprint density at radius 3 is 2.57 bits per heavy atom. The van der Waals surface area contributed by atoms with Crippen molar-refractivity contribution in [2.45, 2.75) is 32.7 Å². The lowest BCUT2D eigenvalue weighted by Gasteiger charge is -2.29. The van der Waals surface area contributed by atoms with Crippen LogP contribution in [0, 0.1) is 11.3 Å². The second-order valence-electron chi connectivity index (χ2n) is 5.55. The number of hydrogen-bond donors (Lipinski definition) is 2. The molecule has 1 aliphatic rings. The molecule has 14 heavy (non-hydrogen) atoms. The summed E-state index contributed by atoms with van der Waals surface area (Å²) in [6.45, 7) is 7.48. The first-order chi connectivity index (χ1) is 6.44. The summed E-state index contributed by atoms with van der Waals surface area (Å²) in [6, 6.07) is 0.318. The third kappa shape index (κ3) is 3.23. The summed E-state index contributed by atoms with van der Waals surface area (Å²) in [7, 11) is 2.17. The van der Waals surface area contributed by atoms with Crippen LogP contribution in [0.25, 0.3) is 0 Å². The highest BCUT2D eigenvalue weighted by Gasteiger charge is 2.29. The summed E-state index contributed by atoms with van der Waals surface area (Å²) in [5.74, 6) is 0.672. The van der Waals surface area contributed by atoms with Crippen molar-refractivity contribution in [1.29, 1.82) is 0 Å². The average Bonchev–Trinajstić information content (AvgIpc) is 2.51. The van der Waals surface area contributed by atoms with Gasteiger partial charge in [-0.25, -0.2) is 0 Å². The third-order valence-corrected chi connectivity index (χ3v) is 3.37. The van der Waals surface area contributed by atoms with E-state index in [9.17, 15) is 0 Å². The van der Waals surface area contributed by atoms with E-state index in [4.69, 9.17) is 11.5 Å². The van der Waals surface area contributed by atoms with E-state index in [0.717, 1.165) is 19.5 Å². The standard InChI is InChI=1S/C11H25N3/c1-11(2,8-12)6-10(13)9-4-5-14(3)7-9/h9-10H,4-8,12-13H2,1-3H3. The first kappa shape index (κ1) is 12.0. The van der Waals surface area contributed by atoms with Crippen molar-refractivity contribution in [3.05, 3.63) is 0 Å². The Balaban J connectivity index is 2.38. The molecule has 1 saturated heterocycles. The third-order valence-electron chi connectivity index (χ3n) is 3.37. The fraction of sp³-hybridized carbons (Fsp3) is 1.00. The molecule has 1 aliphatic heterocycles. The number of nitrogens with zero attached hydrogens (tertiary/aromatic N) is 1. The topological polar surface area (TPSA) is 55.3 Å². The molecule has 3 heteroatoms. The largest absolute Gasteiger partial charge is 0.330 e. The van der Waals surface area contributed by atoms with Crippen LogP contribution in [0.2, 0.25) is 0 Å². The molecule has 84 valence electrons. The molecule has 0 aromatic heterocycles. The fourth-order valence-electron chi connectivity index (χ4n) is 2.21. The molecule has 0 radical (unpaired) electrons. The lowest BCUT2D eigenvalue weighted by atomic mass is 9.81. The van der Waals surface area contributed by atoms with Gasteiger partial charge in [0, 0.05) is 12.6 Å². The van der Waals surface area contributed by atoms with Gasteiger partial charge in [-0.3, -0.25) is 0 Å². The van der Waals surface area contributed by atoms with Crippen LogP contribution in [0.5, 0.6) is 0 Å². The quantitative estimate of drug-likeness (QED) is 0.698. The lowest BCUT2D eigenvalue weighted by Crippen LogP contribution is -2.38. The van der Waals surface area contributed by atoms with Gasteiger partial charge in [0.25, 0.3) is 0 Å². The van der Waals surface area contributed by atoms with Gasteiger partial charge in [0.2, 0.25) is 0 Å². The Morgan fingerprint density at radius 2 is 2.14 bits per heavy atom. The van der Waals surface area contributed by atoms with Crippen LogP contribution in [-0.4, -0.2) is 37.6 Å². The van der Waals surface area contributed by atoms with Crippen molar-refractivity contribution in [2.75, 3.05) is 26.7 Å². The zero-order chi connectivity index (χ0) is 10.8. The molecule has 0 aromatic carbocycles. The van der Waals surface area contributed by atoms with Crippen molar-refractivity contribution in [3.63, 3.8) is 0 Å². The van der Waals surface area contributed by atoms with E-state index in [1.807, 2.05) is 0 Å². The molecule has 0 spiro atoms. The molecule has 3 nitrogen and oxygen atoms in total. The highest BCUT2D eigenvalue weighted by molar-refractivity contribution is 4.86. The highest BCUT2D eigenvalue weighted by Crippen LogP contribution is 2.26. The molecule has 1 rings (SSSR count). The summed E-state index contributed by atoms with van der Waals surface area (Å²) in [5.41, 5.74) is 12.1. The minimum absolute atomic E-state index is 0.195. The van der Waals surface area contributed by atoms with Gasteiger partial charge in [0.05, 0.1) is 0 Å². The molecule has 1 fully saturated rings. The van der Waals surface area contributed by atoms with Crippen molar-refractivity contribution in [3.8, 4) is 0 Å². The number of rotatable bonds is 4. The van der Waals surface area contributed by atoms with E-state index < -0.39 is 0 Å². The van der Waals surface area contributed by atoms with E-state index >= 15 is 0 Å². The van der Waals surface area contributed by atoms with Gasteiger partial charge in [-0.2, -0.15) is 0 Å². The summed E-state index contributed by atoms with van der Waals surface area (Å²) in [4.78, 5) is 2.36. The van der Waals surface area contributed by atoms with Crippen molar-refractivity contribution in [2.24, 2.45) is 22.8 Å². The predicted octanol–water partition coefficient (Wildman–Crippen LogP) is 0.640. The molecule has 4 N–H and O–H groups in total. The zero-order valence-electron chi connectivity index (χ0n) is 9.79. The van der Waals surface area contributed by atoms with Crippen LogP contribution < -0.4 is 11.5 Å². The Labute approximate surface area is 87.8 Å². The molecule has 2 unspecified atom stereocenters. The van der Waals surface area contributed by atoms with E-state index in [1.165, 1.54) is 13.0 Å². The Morgan fingerprint density at radius 1 is 1.50 bits per heavy atom. The lowest BCUT2D eigenvalue weighted by molar-refractivity contribution is 0.266. The number of hydrogen-bond acceptors (Lipinski definition) is 3. The van der Waals surface area contributed by atoms with Crippen LogP contribution in [0.4, 0.5) is 0 Å². The summed E-state index contributed by atoms with van der Waals surface area (Å²) in [6.07, 6.45) is 2.29. The van der Waals surface area contributed by atoms with E-state index in [-0.39, 0.29) is 5.41 Å². The summed E-state index contributed by atoms with van der Waals surface area (Å²) in [5, 5.41) is 0. The minimum Gasteiger partial charge on any atom is -0.330 e. The van der Waals surface area contributed by atoms with Gasteiger partial charge in [-0.05, 0) is 44.3 Å². The predicted molar refractivity (Wildman–Crippen MR) is 61.0 cm³/mol. The Hall–Kier alpha value is -0.120. The zero-order valence-corrected chi connectivity index (χ0v) is 9.79. The molecule has 1 heterocycles. The van der Waals surface area contributed by atoms with Gasteiger partial charge in [0.1, 0.15) is 0 Å². The second kappa shape index (κ2) is 4.60. The fourth-order valence-corrected chi connectivity index (χ4v) is 2.21. The summed E-state index contributed by atoms with van der Waals surface area (Å²) < 4.78 is 0. The maximum Gasteiger partial charge on any atom is 0.00854 e. The maximum absolute atomic E-state index is 6.22. The van der Waals surface area contributed by atoms with Gasteiger partial charge in [-0.1, -0.05) is 13.8 Å². The van der Waals surface area contributed by atoms with Gasteiger partial charge in [-0.15, -0.1) is 0 Å².